The van der Waals surface area contributed by atoms with E-state index in [1.807, 2.05) is 0 Å². The highest BCUT2D eigenvalue weighted by molar-refractivity contribution is 8.00. The average Bonchev–Trinajstić information content (AvgIpc) is 2.85. The van der Waals surface area contributed by atoms with Crippen LogP contribution in [0.1, 0.15) is 19.0 Å². The van der Waals surface area contributed by atoms with Gasteiger partial charge in [0.05, 0.1) is 16.8 Å². The van der Waals surface area contributed by atoms with Crippen molar-refractivity contribution in [1.82, 2.24) is 14.9 Å². The minimum Gasteiger partial charge on any atom is -0.341 e. The highest BCUT2D eigenvalue weighted by Gasteiger charge is 2.35. The molecule has 2 atom stereocenters. The smallest absolute Gasteiger partial charge is 0.341 e. The lowest BCUT2D eigenvalue weighted by molar-refractivity contribution is -0.141. The van der Waals surface area contributed by atoms with Gasteiger partial charge in [-0.1, -0.05) is 11.8 Å². The third-order valence-corrected chi connectivity index (χ3v) is 6.37. The van der Waals surface area contributed by atoms with Crippen LogP contribution < -0.4 is 0 Å². The van der Waals surface area contributed by atoms with Crippen molar-refractivity contribution in [2.75, 3.05) is 18.6 Å². The first-order chi connectivity index (χ1) is 11.0. The second kappa shape index (κ2) is 6.87. The zero-order valence-corrected chi connectivity index (χ0v) is 14.6. The molecule has 0 bridgehead atoms. The van der Waals surface area contributed by atoms with E-state index < -0.39 is 33.0 Å². The first kappa shape index (κ1) is 19.0. The molecule has 1 amide bonds. The van der Waals surface area contributed by atoms with Crippen LogP contribution in [0.2, 0.25) is 0 Å². The molecule has 1 fully saturated rings. The second-order valence-electron chi connectivity index (χ2n) is 5.49. The standard InChI is InChI=1S/C13H16F3N3O3S2/c1-8(11(20)19(2)9-4-6-24(21,22)7-9)23-12-17-5-3-10(18-12)13(14,15)16/h3,5,8-9H,4,6-7H2,1-2H3. The van der Waals surface area contributed by atoms with Crippen LogP contribution in [0.15, 0.2) is 17.4 Å². The number of nitrogens with zero attached hydrogens (tertiary/aromatic N) is 3. The van der Waals surface area contributed by atoms with Gasteiger partial charge in [0.15, 0.2) is 15.0 Å². The number of alkyl halides is 3. The Morgan fingerprint density at radius 3 is 2.67 bits per heavy atom. The third kappa shape index (κ3) is 4.59. The SMILES string of the molecule is CC(Sc1nccc(C(F)(F)F)n1)C(=O)N(C)C1CCS(=O)(=O)C1. The molecule has 0 aromatic carbocycles. The number of halogens is 3. The van der Waals surface area contributed by atoms with Crippen molar-refractivity contribution in [3.63, 3.8) is 0 Å². The number of carbonyl (C=O) groups is 1. The van der Waals surface area contributed by atoms with Crippen LogP contribution in [0.25, 0.3) is 0 Å². The van der Waals surface area contributed by atoms with Gasteiger partial charge in [-0.3, -0.25) is 4.79 Å². The topological polar surface area (TPSA) is 80.2 Å². The largest absolute Gasteiger partial charge is 0.433 e. The maximum Gasteiger partial charge on any atom is 0.433 e. The molecule has 0 aliphatic carbocycles. The van der Waals surface area contributed by atoms with Crippen LogP contribution in [0.5, 0.6) is 0 Å². The van der Waals surface area contributed by atoms with Gasteiger partial charge in [-0.2, -0.15) is 13.2 Å². The van der Waals surface area contributed by atoms with Gasteiger partial charge in [0.25, 0.3) is 0 Å². The molecule has 1 aliphatic rings. The van der Waals surface area contributed by atoms with Crippen LogP contribution in [0.3, 0.4) is 0 Å². The fourth-order valence-electron chi connectivity index (χ4n) is 2.31. The average molecular weight is 383 g/mol. The summed E-state index contributed by atoms with van der Waals surface area (Å²) in [5.41, 5.74) is -1.07. The van der Waals surface area contributed by atoms with Gasteiger partial charge in [0.1, 0.15) is 5.69 Å². The summed E-state index contributed by atoms with van der Waals surface area (Å²) in [4.78, 5) is 20.8. The predicted octanol–water partition coefficient (Wildman–Crippen LogP) is 1.62. The molecule has 0 N–H and O–H groups in total. The second-order valence-corrected chi connectivity index (χ2v) is 9.02. The minimum absolute atomic E-state index is 0.0353. The predicted molar refractivity (Wildman–Crippen MR) is 82.2 cm³/mol. The molecule has 24 heavy (non-hydrogen) atoms. The molecule has 1 aliphatic heterocycles. The van der Waals surface area contributed by atoms with Crippen LogP contribution in [-0.2, 0) is 20.8 Å². The number of amides is 1. The lowest BCUT2D eigenvalue weighted by Gasteiger charge is -2.26. The Hall–Kier alpha value is -1.36. The molecule has 134 valence electrons. The zero-order valence-electron chi connectivity index (χ0n) is 12.9. The van der Waals surface area contributed by atoms with Crippen LogP contribution in [-0.4, -0.2) is 59.0 Å². The summed E-state index contributed by atoms with van der Waals surface area (Å²) in [7, 11) is -1.63. The molecule has 6 nitrogen and oxygen atoms in total. The lowest BCUT2D eigenvalue weighted by Crippen LogP contribution is -2.41. The number of rotatable bonds is 4. The first-order valence-electron chi connectivity index (χ1n) is 7.03. The Balaban J connectivity index is 2.04. The summed E-state index contributed by atoms with van der Waals surface area (Å²) in [6.45, 7) is 1.52. The molecule has 2 unspecified atom stereocenters. The van der Waals surface area contributed by atoms with E-state index in [4.69, 9.17) is 0 Å². The summed E-state index contributed by atoms with van der Waals surface area (Å²) in [6, 6.07) is 0.347. The summed E-state index contributed by atoms with van der Waals surface area (Å²) in [5, 5.41) is -0.889. The number of hydrogen-bond acceptors (Lipinski definition) is 6. The van der Waals surface area contributed by atoms with Crippen molar-refractivity contribution < 1.29 is 26.4 Å². The van der Waals surface area contributed by atoms with Gasteiger partial charge in [-0.15, -0.1) is 0 Å². The minimum atomic E-state index is -4.58. The monoisotopic (exact) mass is 383 g/mol. The van der Waals surface area contributed by atoms with E-state index in [0.29, 0.717) is 6.42 Å². The number of thioether (sulfide) groups is 1. The van der Waals surface area contributed by atoms with Gasteiger partial charge in [0, 0.05) is 19.3 Å². The number of hydrogen-bond donors (Lipinski definition) is 0. The van der Waals surface area contributed by atoms with E-state index in [0.717, 1.165) is 24.0 Å². The van der Waals surface area contributed by atoms with Gasteiger partial charge < -0.3 is 4.90 Å². The van der Waals surface area contributed by atoms with Crippen LogP contribution in [0.4, 0.5) is 13.2 Å². The van der Waals surface area contributed by atoms with E-state index >= 15 is 0 Å². The fourth-order valence-corrected chi connectivity index (χ4v) is 4.94. The number of sulfone groups is 1. The van der Waals surface area contributed by atoms with Crippen molar-refractivity contribution in [1.29, 1.82) is 0 Å². The lowest BCUT2D eigenvalue weighted by atomic mass is 10.2. The van der Waals surface area contributed by atoms with E-state index in [-0.39, 0.29) is 22.6 Å². The number of aromatic nitrogens is 2. The quantitative estimate of drug-likeness (QED) is 0.581. The van der Waals surface area contributed by atoms with Crippen molar-refractivity contribution in [3.05, 3.63) is 18.0 Å². The van der Waals surface area contributed by atoms with Gasteiger partial charge in [-0.05, 0) is 19.4 Å². The molecule has 1 saturated heterocycles. The Kier molecular flexibility index (Phi) is 5.43. The molecule has 2 heterocycles. The van der Waals surface area contributed by atoms with Crippen molar-refractivity contribution in [2.45, 2.75) is 36.0 Å². The van der Waals surface area contributed by atoms with Crippen LogP contribution in [0, 0.1) is 0 Å². The molecule has 2 rings (SSSR count). The van der Waals surface area contributed by atoms with Crippen molar-refractivity contribution in [3.8, 4) is 0 Å². The maximum atomic E-state index is 12.6. The van der Waals surface area contributed by atoms with Gasteiger partial charge in [-0.25, -0.2) is 18.4 Å². The molecule has 1 aromatic heterocycles. The molecule has 0 saturated carbocycles. The fraction of sp³-hybridized carbons (Fsp3) is 0.615. The summed E-state index contributed by atoms with van der Waals surface area (Å²) < 4.78 is 60.9. The normalized spacial score (nSPS) is 21.5. The summed E-state index contributed by atoms with van der Waals surface area (Å²) >= 11 is 0.806. The van der Waals surface area contributed by atoms with E-state index in [9.17, 15) is 26.4 Å². The molecule has 0 spiro atoms. The Labute approximate surface area is 141 Å². The molecule has 1 aromatic rings. The zero-order chi connectivity index (χ0) is 18.1. The molecule has 0 radical (unpaired) electrons. The van der Waals surface area contributed by atoms with E-state index in [1.54, 1.807) is 0 Å². The molecule has 11 heteroatoms. The molecular weight excluding hydrogens is 367 g/mol. The highest BCUT2D eigenvalue weighted by Crippen LogP contribution is 2.30. The van der Waals surface area contributed by atoms with E-state index in [2.05, 4.69) is 9.97 Å². The molecular formula is C13H16F3N3O3S2. The van der Waals surface area contributed by atoms with Crippen molar-refractivity contribution in [2.24, 2.45) is 0 Å². The number of carbonyl (C=O) groups excluding carboxylic acids is 1. The van der Waals surface area contributed by atoms with Gasteiger partial charge >= 0.3 is 6.18 Å². The van der Waals surface area contributed by atoms with Crippen molar-refractivity contribution >= 4 is 27.5 Å². The Morgan fingerprint density at radius 1 is 1.46 bits per heavy atom. The highest BCUT2D eigenvalue weighted by atomic mass is 32.2. The summed E-state index contributed by atoms with van der Waals surface area (Å²) in [5.74, 6) is -0.427. The van der Waals surface area contributed by atoms with Crippen LogP contribution >= 0.6 is 11.8 Å². The Bertz CT molecular complexity index is 725. The summed E-state index contributed by atoms with van der Waals surface area (Å²) in [6.07, 6.45) is -3.23. The maximum absolute atomic E-state index is 12.6. The Morgan fingerprint density at radius 2 is 2.12 bits per heavy atom. The first-order valence-corrected chi connectivity index (χ1v) is 9.74. The van der Waals surface area contributed by atoms with Gasteiger partial charge in [0.2, 0.25) is 5.91 Å². The van der Waals surface area contributed by atoms with E-state index in [1.165, 1.54) is 18.9 Å². The third-order valence-electron chi connectivity index (χ3n) is 3.66.